The molecular formula is C36H57NO7. The molecule has 2 aliphatic heterocycles. The van der Waals surface area contributed by atoms with Crippen molar-refractivity contribution in [3.05, 3.63) is 12.2 Å². The lowest BCUT2D eigenvalue weighted by atomic mass is 9.41. The topological polar surface area (TPSA) is 106 Å². The normalized spacial score (nSPS) is 50.8. The monoisotopic (exact) mass is 615 g/mol. The van der Waals surface area contributed by atoms with Gasteiger partial charge in [-0.05, 0) is 105 Å². The van der Waals surface area contributed by atoms with Crippen molar-refractivity contribution >= 4 is 5.97 Å². The van der Waals surface area contributed by atoms with E-state index in [0.29, 0.717) is 36.4 Å². The highest BCUT2D eigenvalue weighted by molar-refractivity contribution is 5.66. The summed E-state index contributed by atoms with van der Waals surface area (Å²) in [6.07, 6.45) is 8.51. The fourth-order valence-corrected chi connectivity index (χ4v) is 12.9. The summed E-state index contributed by atoms with van der Waals surface area (Å²) >= 11 is 0. The van der Waals surface area contributed by atoms with E-state index in [1.165, 1.54) is 32.6 Å². The Kier molecular flexibility index (Phi) is 7.32. The van der Waals surface area contributed by atoms with Crippen LogP contribution in [0, 0.1) is 63.0 Å². The van der Waals surface area contributed by atoms with Gasteiger partial charge in [0.25, 0.3) is 0 Å². The first-order valence-corrected chi connectivity index (χ1v) is 17.5. The molecule has 8 nitrogen and oxygen atoms in total. The predicted octanol–water partition coefficient (Wildman–Crippen LogP) is 5.16. The maximum absolute atomic E-state index is 12.5. The molecule has 0 aromatic heterocycles. The SMILES string of the molecule is CC(=O)O[C@@H]([C]1C[C@@H](C)C2[C](O1)[C@H](O)[C@@]1(C)[C@@H]3CC[C@H]4C(C)(C)C(O[C@H]5CNCCO5)CC[C@@]45CC35CC[C@]21C)C(C)(C)O. The number of aliphatic hydroxyl groups is 2. The number of morpholine rings is 1. The van der Waals surface area contributed by atoms with Crippen molar-refractivity contribution in [2.24, 2.45) is 50.7 Å². The standard InChI is InChI=1S/C36H57NO7/c1-20-17-22(30(32(5,6)40)42-21(2)38)43-28-27(20)33(7)13-14-36-19-35(36)12-11-25(44-26-18-37-15-16-41-26)31(3,4)23(35)9-10-24(36)34(33,8)29(28)39/h20,23-27,29-30,37,39-40H,9-19H2,1-8H3/t20-,23+,24+,25?,26+,27?,29+,30+,33-,34-,35-,36?/m1/s1. The van der Waals surface area contributed by atoms with Gasteiger partial charge in [-0.2, -0.15) is 0 Å². The summed E-state index contributed by atoms with van der Waals surface area (Å²) in [4.78, 5) is 12.0. The molecule has 7 fully saturated rings. The first-order valence-electron chi connectivity index (χ1n) is 17.5. The fraction of sp³-hybridized carbons (Fsp3) is 0.917. The number of hydrogen-bond donors (Lipinski definition) is 3. The van der Waals surface area contributed by atoms with Crippen LogP contribution in [0.2, 0.25) is 0 Å². The number of nitrogens with one attached hydrogen (secondary N) is 1. The minimum absolute atomic E-state index is 0.0660. The highest BCUT2D eigenvalue weighted by Gasteiger charge is 2.85. The van der Waals surface area contributed by atoms with E-state index >= 15 is 0 Å². The summed E-state index contributed by atoms with van der Waals surface area (Å²) in [7, 11) is 0. The molecule has 0 amide bonds. The van der Waals surface area contributed by atoms with Crippen LogP contribution in [0.15, 0.2) is 0 Å². The quantitative estimate of drug-likeness (QED) is 0.365. The lowest BCUT2D eigenvalue weighted by Crippen LogP contribution is -2.60. The third kappa shape index (κ3) is 4.12. The van der Waals surface area contributed by atoms with Gasteiger partial charge in [0.2, 0.25) is 0 Å². The molecule has 7 rings (SSSR count). The van der Waals surface area contributed by atoms with Crippen LogP contribution in [0.5, 0.6) is 0 Å². The van der Waals surface area contributed by atoms with Crippen molar-refractivity contribution in [3.63, 3.8) is 0 Å². The average molecular weight is 616 g/mol. The van der Waals surface area contributed by atoms with Crippen molar-refractivity contribution in [1.82, 2.24) is 5.32 Å². The van der Waals surface area contributed by atoms with Gasteiger partial charge < -0.3 is 34.5 Å². The van der Waals surface area contributed by atoms with E-state index in [4.69, 9.17) is 18.9 Å². The predicted molar refractivity (Wildman–Crippen MR) is 164 cm³/mol. The number of fused-ring (bicyclic) bond motifs is 4. The third-order valence-corrected chi connectivity index (χ3v) is 14.8. The Labute approximate surface area is 264 Å². The van der Waals surface area contributed by atoms with E-state index in [-0.39, 0.29) is 45.9 Å². The van der Waals surface area contributed by atoms with Gasteiger partial charge >= 0.3 is 5.97 Å². The van der Waals surface area contributed by atoms with Crippen LogP contribution in [0.25, 0.3) is 0 Å². The van der Waals surface area contributed by atoms with Crippen molar-refractivity contribution in [2.45, 2.75) is 137 Å². The van der Waals surface area contributed by atoms with Crippen LogP contribution in [-0.4, -0.2) is 66.1 Å². The molecule has 3 unspecified atom stereocenters. The number of rotatable bonds is 5. The van der Waals surface area contributed by atoms with E-state index in [1.54, 1.807) is 13.8 Å². The fourth-order valence-electron chi connectivity index (χ4n) is 12.9. The molecule has 0 aromatic carbocycles. The molecule has 7 aliphatic rings. The Morgan fingerprint density at radius 3 is 2.43 bits per heavy atom. The van der Waals surface area contributed by atoms with E-state index in [1.807, 2.05) is 0 Å². The minimum Gasteiger partial charge on any atom is -0.456 e. The average Bonchev–Trinajstić information content (AvgIpc) is 3.58. The van der Waals surface area contributed by atoms with Crippen molar-refractivity contribution in [3.8, 4) is 0 Å². The highest BCUT2D eigenvalue weighted by atomic mass is 16.7. The van der Waals surface area contributed by atoms with Crippen LogP contribution in [0.1, 0.15) is 107 Å². The zero-order valence-corrected chi connectivity index (χ0v) is 28.3. The lowest BCUT2D eigenvalue weighted by molar-refractivity contribution is -0.237. The van der Waals surface area contributed by atoms with E-state index in [0.717, 1.165) is 38.5 Å². The maximum atomic E-state index is 12.5. The lowest BCUT2D eigenvalue weighted by Gasteiger charge is -2.63. The molecule has 248 valence electrons. The zero-order chi connectivity index (χ0) is 31.7. The largest absolute Gasteiger partial charge is 0.456 e. The molecule has 2 heterocycles. The molecule has 12 atom stereocenters. The number of aliphatic hydroxyl groups excluding tert-OH is 1. The van der Waals surface area contributed by atoms with Gasteiger partial charge in [0.1, 0.15) is 12.2 Å². The van der Waals surface area contributed by atoms with Gasteiger partial charge in [0.05, 0.1) is 24.4 Å². The molecule has 0 aromatic rings. The molecule has 2 radical (unpaired) electrons. The number of carbonyl (C=O) groups is 1. The van der Waals surface area contributed by atoms with Gasteiger partial charge in [-0.15, -0.1) is 0 Å². The number of hydrogen-bond acceptors (Lipinski definition) is 8. The van der Waals surface area contributed by atoms with Crippen LogP contribution < -0.4 is 5.32 Å². The first-order chi connectivity index (χ1) is 20.5. The zero-order valence-electron chi connectivity index (χ0n) is 28.3. The van der Waals surface area contributed by atoms with Crippen molar-refractivity contribution in [2.75, 3.05) is 19.7 Å². The van der Waals surface area contributed by atoms with Crippen LogP contribution in [0.3, 0.4) is 0 Å². The molecule has 0 bridgehead atoms. The first kappa shape index (κ1) is 31.8. The maximum Gasteiger partial charge on any atom is 0.303 e. The molecule has 5 saturated carbocycles. The smallest absolute Gasteiger partial charge is 0.303 e. The van der Waals surface area contributed by atoms with Gasteiger partial charge in [-0.25, -0.2) is 0 Å². The van der Waals surface area contributed by atoms with Crippen LogP contribution in [0.4, 0.5) is 0 Å². The third-order valence-electron chi connectivity index (χ3n) is 14.8. The summed E-state index contributed by atoms with van der Waals surface area (Å²) < 4.78 is 24.9. The molecule has 44 heavy (non-hydrogen) atoms. The number of carbonyl (C=O) groups excluding carboxylic acids is 1. The number of ether oxygens (including phenoxy) is 4. The Morgan fingerprint density at radius 2 is 1.77 bits per heavy atom. The van der Waals surface area contributed by atoms with Gasteiger partial charge in [0.15, 0.2) is 12.4 Å². The van der Waals surface area contributed by atoms with Crippen LogP contribution >= 0.6 is 0 Å². The van der Waals surface area contributed by atoms with Crippen LogP contribution in [-0.2, 0) is 23.7 Å². The molecule has 3 N–H and O–H groups in total. The molecule has 2 saturated heterocycles. The Hall–Kier alpha value is -0.770. The summed E-state index contributed by atoms with van der Waals surface area (Å²) in [6, 6.07) is 0. The second-order valence-corrected chi connectivity index (χ2v) is 17.5. The molecular weight excluding hydrogens is 558 g/mol. The second-order valence-electron chi connectivity index (χ2n) is 17.5. The molecule has 8 heteroatoms. The van der Waals surface area contributed by atoms with Gasteiger partial charge in [-0.3, -0.25) is 4.79 Å². The van der Waals surface area contributed by atoms with E-state index in [2.05, 4.69) is 39.9 Å². The minimum atomic E-state index is -1.30. The van der Waals surface area contributed by atoms with Gasteiger partial charge in [-0.1, -0.05) is 34.6 Å². The molecule has 2 spiro atoms. The van der Waals surface area contributed by atoms with Gasteiger partial charge in [0, 0.05) is 31.3 Å². The summed E-state index contributed by atoms with van der Waals surface area (Å²) in [6.45, 7) is 19.0. The van der Waals surface area contributed by atoms with Crippen molar-refractivity contribution < 1.29 is 34.0 Å². The summed E-state index contributed by atoms with van der Waals surface area (Å²) in [5.74, 6) is 0.915. The number of esters is 1. The highest BCUT2D eigenvalue weighted by Crippen LogP contribution is 2.89. The Bertz CT molecular complexity index is 1150. The Balaban J connectivity index is 1.16. The van der Waals surface area contributed by atoms with Crippen molar-refractivity contribution in [1.29, 1.82) is 0 Å². The Morgan fingerprint density at radius 1 is 1.07 bits per heavy atom. The van der Waals surface area contributed by atoms with E-state index < -0.39 is 23.8 Å². The second kappa shape index (κ2) is 10.1. The van der Waals surface area contributed by atoms with E-state index in [9.17, 15) is 15.0 Å². The summed E-state index contributed by atoms with van der Waals surface area (Å²) in [5, 5.41) is 26.8. The summed E-state index contributed by atoms with van der Waals surface area (Å²) in [5.41, 5.74) is -1.06. The molecule has 5 aliphatic carbocycles.